The van der Waals surface area contributed by atoms with Gasteiger partial charge < -0.3 is 4.90 Å². The summed E-state index contributed by atoms with van der Waals surface area (Å²) in [6.07, 6.45) is 1.11. The molecule has 0 spiro atoms. The van der Waals surface area contributed by atoms with Gasteiger partial charge in [-0.25, -0.2) is 9.36 Å². The normalized spacial score (nSPS) is 19.4. The number of benzene rings is 1. The van der Waals surface area contributed by atoms with Gasteiger partial charge in [-0.05, 0) is 66.8 Å². The quantitative estimate of drug-likeness (QED) is 0.647. The van der Waals surface area contributed by atoms with Crippen molar-refractivity contribution < 1.29 is 4.79 Å². The van der Waals surface area contributed by atoms with Crippen molar-refractivity contribution in [3.63, 3.8) is 0 Å². The molecule has 1 aliphatic rings. The van der Waals surface area contributed by atoms with E-state index >= 15 is 0 Å². The Morgan fingerprint density at radius 1 is 1.07 bits per heavy atom. The fourth-order valence-corrected chi connectivity index (χ4v) is 5.26. The monoisotopic (exact) mass is 425 g/mol. The molecule has 1 saturated heterocycles. The van der Waals surface area contributed by atoms with Crippen LogP contribution < -0.4 is 11.2 Å². The van der Waals surface area contributed by atoms with Crippen LogP contribution in [0.1, 0.15) is 31.4 Å². The van der Waals surface area contributed by atoms with Crippen LogP contribution in [0, 0.1) is 25.7 Å². The zero-order valence-electron chi connectivity index (χ0n) is 17.8. The molecule has 0 saturated carbocycles. The highest BCUT2D eigenvalue weighted by Gasteiger charge is 2.26. The summed E-state index contributed by atoms with van der Waals surface area (Å²) in [6.45, 7) is 9.61. The molecule has 30 heavy (non-hydrogen) atoms. The first-order valence-electron chi connectivity index (χ1n) is 10.3. The number of aryl methyl sites for hydroxylation is 2. The second-order valence-corrected chi connectivity index (χ2v) is 9.57. The standard InChI is InChI=1S/C23H27N3O3S/c1-14-9-15(2)12-24(11-14)20(27)13-25-19-7-8-30-21(19)22(28)26(23(25)29)18-6-5-16(3)17(4)10-18/h5-8,10,14-15H,9,11-13H2,1-4H3. The SMILES string of the molecule is Cc1ccc(-n2c(=O)c3sccc3n(CC(=O)N3CC(C)CC(C)C3)c2=O)cc1C. The molecule has 0 radical (unpaired) electrons. The Morgan fingerprint density at radius 2 is 1.77 bits per heavy atom. The molecular weight excluding hydrogens is 398 g/mol. The zero-order chi connectivity index (χ0) is 21.6. The lowest BCUT2D eigenvalue weighted by Crippen LogP contribution is -2.46. The van der Waals surface area contributed by atoms with Gasteiger partial charge in [0.2, 0.25) is 5.91 Å². The van der Waals surface area contributed by atoms with Gasteiger partial charge in [-0.15, -0.1) is 11.3 Å². The molecule has 6 nitrogen and oxygen atoms in total. The first kappa shape index (κ1) is 20.6. The molecule has 1 fully saturated rings. The van der Waals surface area contributed by atoms with Crippen LogP contribution in [0.25, 0.3) is 15.9 Å². The molecular formula is C23H27N3O3S. The van der Waals surface area contributed by atoms with Crippen LogP contribution in [0.4, 0.5) is 0 Å². The van der Waals surface area contributed by atoms with Gasteiger partial charge in [-0.1, -0.05) is 19.9 Å². The molecule has 0 N–H and O–H groups in total. The van der Waals surface area contributed by atoms with Crippen molar-refractivity contribution >= 4 is 27.5 Å². The largest absolute Gasteiger partial charge is 0.341 e. The van der Waals surface area contributed by atoms with Gasteiger partial charge in [-0.3, -0.25) is 14.2 Å². The van der Waals surface area contributed by atoms with Crippen molar-refractivity contribution in [2.45, 2.75) is 40.7 Å². The van der Waals surface area contributed by atoms with E-state index in [9.17, 15) is 14.4 Å². The number of carbonyl (C=O) groups excluding carboxylic acids is 1. The average Bonchev–Trinajstić information content (AvgIpc) is 3.17. The minimum absolute atomic E-state index is 0.0589. The second kappa shape index (κ2) is 7.87. The first-order chi connectivity index (χ1) is 14.3. The van der Waals surface area contributed by atoms with Gasteiger partial charge in [-0.2, -0.15) is 0 Å². The Morgan fingerprint density at radius 3 is 2.43 bits per heavy atom. The molecule has 2 aromatic heterocycles. The van der Waals surface area contributed by atoms with Crippen molar-refractivity contribution in [2.75, 3.05) is 13.1 Å². The fraction of sp³-hybridized carbons (Fsp3) is 0.435. The maximum atomic E-state index is 13.4. The van der Waals surface area contributed by atoms with E-state index in [0.717, 1.165) is 17.5 Å². The van der Waals surface area contributed by atoms with Crippen molar-refractivity contribution in [3.05, 3.63) is 61.6 Å². The van der Waals surface area contributed by atoms with Crippen molar-refractivity contribution in [2.24, 2.45) is 11.8 Å². The van der Waals surface area contributed by atoms with Crippen LogP contribution in [0.2, 0.25) is 0 Å². The Kier molecular flexibility index (Phi) is 5.40. The number of amides is 1. The summed E-state index contributed by atoms with van der Waals surface area (Å²) >= 11 is 1.30. The highest BCUT2D eigenvalue weighted by molar-refractivity contribution is 7.17. The second-order valence-electron chi connectivity index (χ2n) is 8.66. The van der Waals surface area contributed by atoms with Crippen LogP contribution in [-0.4, -0.2) is 33.0 Å². The summed E-state index contributed by atoms with van der Waals surface area (Å²) in [7, 11) is 0. The summed E-state index contributed by atoms with van der Waals surface area (Å²) in [4.78, 5) is 41.4. The van der Waals surface area contributed by atoms with Gasteiger partial charge in [0.05, 0.1) is 11.2 Å². The van der Waals surface area contributed by atoms with Crippen molar-refractivity contribution in [3.8, 4) is 5.69 Å². The lowest BCUT2D eigenvalue weighted by Gasteiger charge is -2.35. The maximum absolute atomic E-state index is 13.4. The smallest absolute Gasteiger partial charge is 0.336 e. The van der Waals surface area contributed by atoms with Crippen molar-refractivity contribution in [1.29, 1.82) is 0 Å². The first-order valence-corrected chi connectivity index (χ1v) is 11.2. The molecule has 1 aliphatic heterocycles. The number of thiophene rings is 1. The topological polar surface area (TPSA) is 64.3 Å². The number of rotatable bonds is 3. The fourth-order valence-electron chi connectivity index (χ4n) is 4.43. The Balaban J connectivity index is 1.81. The molecule has 7 heteroatoms. The lowest BCUT2D eigenvalue weighted by atomic mass is 9.92. The van der Waals surface area contributed by atoms with Gasteiger partial charge in [0.25, 0.3) is 5.56 Å². The number of fused-ring (bicyclic) bond motifs is 1. The molecule has 3 heterocycles. The summed E-state index contributed by atoms with van der Waals surface area (Å²) in [5.41, 5.74) is 2.35. The third-order valence-corrected chi connectivity index (χ3v) is 6.91. The predicted octanol–water partition coefficient (Wildman–Crippen LogP) is 3.34. The summed E-state index contributed by atoms with van der Waals surface area (Å²) in [6, 6.07) is 7.28. The molecule has 2 unspecified atom stereocenters. The molecule has 4 rings (SSSR count). The Bertz CT molecular complexity index is 1230. The van der Waals surface area contributed by atoms with E-state index in [4.69, 9.17) is 0 Å². The van der Waals surface area contributed by atoms with Gasteiger partial charge in [0.1, 0.15) is 11.2 Å². The van der Waals surface area contributed by atoms with Gasteiger partial charge >= 0.3 is 5.69 Å². The third kappa shape index (κ3) is 3.62. The van der Waals surface area contributed by atoms with E-state index in [1.165, 1.54) is 20.5 Å². The van der Waals surface area contributed by atoms with Gasteiger partial charge in [0, 0.05) is 13.1 Å². The van der Waals surface area contributed by atoms with Crippen LogP contribution in [0.3, 0.4) is 0 Å². The minimum atomic E-state index is -0.472. The minimum Gasteiger partial charge on any atom is -0.341 e. The number of nitrogens with zero attached hydrogens (tertiary/aromatic N) is 3. The van der Waals surface area contributed by atoms with E-state index < -0.39 is 5.69 Å². The van der Waals surface area contributed by atoms with Crippen LogP contribution in [0.5, 0.6) is 0 Å². The van der Waals surface area contributed by atoms with Crippen molar-refractivity contribution in [1.82, 2.24) is 14.0 Å². The van der Waals surface area contributed by atoms with E-state index in [-0.39, 0.29) is 18.0 Å². The summed E-state index contributed by atoms with van der Waals surface area (Å²) in [5.74, 6) is 0.813. The van der Waals surface area contributed by atoms with Crippen LogP contribution in [0.15, 0.2) is 39.2 Å². The van der Waals surface area contributed by atoms with E-state index in [1.807, 2.05) is 30.9 Å². The number of aromatic nitrogens is 2. The number of carbonyl (C=O) groups is 1. The summed E-state index contributed by atoms with van der Waals surface area (Å²) in [5, 5.41) is 1.79. The molecule has 1 aromatic carbocycles. The Hall–Kier alpha value is -2.67. The molecule has 2 atom stereocenters. The molecule has 0 bridgehead atoms. The van der Waals surface area contributed by atoms with E-state index in [2.05, 4.69) is 13.8 Å². The van der Waals surface area contributed by atoms with Crippen LogP contribution in [-0.2, 0) is 11.3 Å². The molecule has 0 aliphatic carbocycles. The highest BCUT2D eigenvalue weighted by Crippen LogP contribution is 2.22. The highest BCUT2D eigenvalue weighted by atomic mass is 32.1. The third-order valence-electron chi connectivity index (χ3n) is 6.02. The van der Waals surface area contributed by atoms with Crippen LogP contribution >= 0.6 is 11.3 Å². The predicted molar refractivity (Wildman–Crippen MR) is 121 cm³/mol. The number of hydrogen-bond acceptors (Lipinski definition) is 4. The number of likely N-dealkylation sites (tertiary alicyclic amines) is 1. The molecule has 158 valence electrons. The lowest BCUT2D eigenvalue weighted by molar-refractivity contribution is -0.134. The van der Waals surface area contributed by atoms with E-state index in [0.29, 0.717) is 40.8 Å². The van der Waals surface area contributed by atoms with E-state index in [1.54, 1.807) is 17.5 Å². The number of hydrogen-bond donors (Lipinski definition) is 0. The summed E-state index contributed by atoms with van der Waals surface area (Å²) < 4.78 is 3.13. The average molecular weight is 426 g/mol. The number of piperidine rings is 1. The molecule has 1 amide bonds. The van der Waals surface area contributed by atoms with Gasteiger partial charge in [0.15, 0.2) is 0 Å². The maximum Gasteiger partial charge on any atom is 0.336 e. The molecule has 3 aromatic rings. The Labute approximate surface area is 179 Å². The zero-order valence-corrected chi connectivity index (χ0v) is 18.7.